The van der Waals surface area contributed by atoms with E-state index in [0.717, 1.165) is 32.4 Å². The van der Waals surface area contributed by atoms with Crippen molar-refractivity contribution in [1.82, 2.24) is 10.2 Å². The van der Waals surface area contributed by atoms with Crippen LogP contribution in [0.2, 0.25) is 0 Å². The van der Waals surface area contributed by atoms with E-state index < -0.39 is 0 Å². The molecule has 1 N–H and O–H groups in total. The maximum atomic E-state index is 12.6. The van der Waals surface area contributed by atoms with Crippen molar-refractivity contribution in [2.24, 2.45) is 11.3 Å². The summed E-state index contributed by atoms with van der Waals surface area (Å²) in [7, 11) is 0. The van der Waals surface area contributed by atoms with Crippen molar-refractivity contribution in [3.63, 3.8) is 0 Å². The molecule has 0 saturated carbocycles. The van der Waals surface area contributed by atoms with Crippen molar-refractivity contribution in [1.29, 1.82) is 0 Å². The highest BCUT2D eigenvalue weighted by Crippen LogP contribution is 2.27. The second-order valence-electron chi connectivity index (χ2n) is 7.70. The lowest BCUT2D eigenvalue weighted by atomic mass is 9.84. The van der Waals surface area contributed by atoms with E-state index in [9.17, 15) is 4.79 Å². The number of carbonyl (C=O) groups is 1. The van der Waals surface area contributed by atoms with E-state index in [1.807, 2.05) is 0 Å². The molecular weight excluding hydrogens is 248 g/mol. The second kappa shape index (κ2) is 7.44. The average molecular weight is 282 g/mol. The molecule has 0 spiro atoms. The predicted octanol–water partition coefficient (Wildman–Crippen LogP) is 3.44. The van der Waals surface area contributed by atoms with Crippen molar-refractivity contribution in [2.45, 2.75) is 79.3 Å². The molecule has 0 radical (unpaired) electrons. The number of carbonyl (C=O) groups excluding carboxylic acids is 1. The molecule has 3 heteroatoms. The van der Waals surface area contributed by atoms with Gasteiger partial charge in [-0.05, 0) is 30.6 Å². The monoisotopic (exact) mass is 282 g/mol. The summed E-state index contributed by atoms with van der Waals surface area (Å²) in [6.45, 7) is 15.2. The first-order valence-electron chi connectivity index (χ1n) is 8.29. The molecule has 0 aromatic carbocycles. The van der Waals surface area contributed by atoms with Crippen molar-refractivity contribution >= 4 is 5.91 Å². The second-order valence-corrected chi connectivity index (χ2v) is 7.70. The number of hydrogen-bond acceptors (Lipinski definition) is 2. The summed E-state index contributed by atoms with van der Waals surface area (Å²) in [5.41, 5.74) is 0.305. The molecule has 1 saturated heterocycles. The van der Waals surface area contributed by atoms with Gasteiger partial charge in [0.05, 0.1) is 0 Å². The molecule has 0 aromatic rings. The zero-order chi connectivity index (χ0) is 15.3. The molecule has 118 valence electrons. The summed E-state index contributed by atoms with van der Waals surface area (Å²) in [5, 5.41) is 3.55. The number of piperazine rings is 1. The number of rotatable bonds is 5. The summed E-state index contributed by atoms with van der Waals surface area (Å²) in [6.07, 6.45) is 3.95. The highest BCUT2D eigenvalue weighted by atomic mass is 16.2. The van der Waals surface area contributed by atoms with Crippen LogP contribution in [-0.4, -0.2) is 36.0 Å². The Bertz CT molecular complexity index is 309. The van der Waals surface area contributed by atoms with E-state index in [2.05, 4.69) is 51.8 Å². The summed E-state index contributed by atoms with van der Waals surface area (Å²) in [5.74, 6) is 0.823. The molecule has 3 unspecified atom stereocenters. The lowest BCUT2D eigenvalue weighted by Crippen LogP contribution is -2.58. The van der Waals surface area contributed by atoms with E-state index in [1.165, 1.54) is 0 Å². The Morgan fingerprint density at radius 3 is 2.45 bits per heavy atom. The molecular formula is C17H34N2O. The van der Waals surface area contributed by atoms with Gasteiger partial charge in [0.1, 0.15) is 0 Å². The Hall–Kier alpha value is -0.570. The fourth-order valence-electron chi connectivity index (χ4n) is 3.34. The van der Waals surface area contributed by atoms with Crippen LogP contribution in [0.5, 0.6) is 0 Å². The minimum atomic E-state index is 0.305. The lowest BCUT2D eigenvalue weighted by molar-refractivity contribution is -0.136. The number of amides is 1. The van der Waals surface area contributed by atoms with Gasteiger partial charge in [0.25, 0.3) is 0 Å². The highest BCUT2D eigenvalue weighted by Gasteiger charge is 2.30. The van der Waals surface area contributed by atoms with Crippen LogP contribution in [0.3, 0.4) is 0 Å². The largest absolute Gasteiger partial charge is 0.337 e. The van der Waals surface area contributed by atoms with Crippen LogP contribution in [0, 0.1) is 11.3 Å². The average Bonchev–Trinajstić information content (AvgIpc) is 2.35. The molecule has 0 aromatic heterocycles. The third-order valence-electron chi connectivity index (χ3n) is 4.27. The summed E-state index contributed by atoms with van der Waals surface area (Å²) in [4.78, 5) is 14.8. The summed E-state index contributed by atoms with van der Waals surface area (Å²) >= 11 is 0. The van der Waals surface area contributed by atoms with E-state index in [4.69, 9.17) is 0 Å². The first kappa shape index (κ1) is 17.5. The van der Waals surface area contributed by atoms with E-state index in [1.54, 1.807) is 0 Å². The number of hydrogen-bond donors (Lipinski definition) is 1. The summed E-state index contributed by atoms with van der Waals surface area (Å²) < 4.78 is 0. The molecule has 1 heterocycles. The van der Waals surface area contributed by atoms with Crippen LogP contribution in [0.4, 0.5) is 0 Å². The molecule has 1 rings (SSSR count). The van der Waals surface area contributed by atoms with Crippen molar-refractivity contribution < 1.29 is 4.79 Å². The minimum Gasteiger partial charge on any atom is -0.337 e. The van der Waals surface area contributed by atoms with Crippen LogP contribution >= 0.6 is 0 Å². The Morgan fingerprint density at radius 1 is 1.30 bits per heavy atom. The van der Waals surface area contributed by atoms with Gasteiger partial charge < -0.3 is 10.2 Å². The van der Waals surface area contributed by atoms with Gasteiger partial charge in [-0.2, -0.15) is 0 Å². The highest BCUT2D eigenvalue weighted by molar-refractivity contribution is 5.77. The molecule has 1 amide bonds. The number of nitrogens with one attached hydrogen (secondary N) is 1. The molecule has 20 heavy (non-hydrogen) atoms. The minimum absolute atomic E-state index is 0.305. The Labute approximate surface area is 125 Å². The van der Waals surface area contributed by atoms with Crippen LogP contribution in [-0.2, 0) is 4.79 Å². The maximum absolute atomic E-state index is 12.6. The third-order valence-corrected chi connectivity index (χ3v) is 4.27. The fourth-order valence-corrected chi connectivity index (χ4v) is 3.34. The molecule has 1 aliphatic heterocycles. The molecule has 1 fully saturated rings. The fraction of sp³-hybridized carbons (Fsp3) is 0.941. The van der Waals surface area contributed by atoms with Crippen LogP contribution in [0.25, 0.3) is 0 Å². The topological polar surface area (TPSA) is 32.3 Å². The molecule has 3 nitrogen and oxygen atoms in total. The van der Waals surface area contributed by atoms with Gasteiger partial charge in [-0.25, -0.2) is 0 Å². The van der Waals surface area contributed by atoms with Crippen molar-refractivity contribution in [2.75, 3.05) is 13.1 Å². The van der Waals surface area contributed by atoms with E-state index >= 15 is 0 Å². The quantitative estimate of drug-likeness (QED) is 0.838. The number of nitrogens with zero attached hydrogens (tertiary/aromatic N) is 1. The summed E-state index contributed by atoms with van der Waals surface area (Å²) in [6, 6.07) is 0.854. The van der Waals surface area contributed by atoms with Gasteiger partial charge >= 0.3 is 0 Å². The van der Waals surface area contributed by atoms with Gasteiger partial charge in [-0.3, -0.25) is 4.79 Å². The predicted molar refractivity (Wildman–Crippen MR) is 85.7 cm³/mol. The van der Waals surface area contributed by atoms with Crippen LogP contribution < -0.4 is 5.32 Å². The Kier molecular flexibility index (Phi) is 6.50. The first-order valence-corrected chi connectivity index (χ1v) is 8.29. The van der Waals surface area contributed by atoms with Crippen molar-refractivity contribution in [3.8, 4) is 0 Å². The molecule has 3 atom stereocenters. The van der Waals surface area contributed by atoms with Gasteiger partial charge in [0.2, 0.25) is 5.91 Å². The van der Waals surface area contributed by atoms with Crippen molar-refractivity contribution in [3.05, 3.63) is 0 Å². The SMILES string of the molecule is CCC1CN(C(=O)CC(C)CC(C)(C)C)C(CC)CN1. The van der Waals surface area contributed by atoms with Crippen LogP contribution in [0.1, 0.15) is 67.2 Å². The van der Waals surface area contributed by atoms with E-state index in [-0.39, 0.29) is 0 Å². The van der Waals surface area contributed by atoms with Crippen LogP contribution in [0.15, 0.2) is 0 Å². The molecule has 0 bridgehead atoms. The zero-order valence-electron chi connectivity index (χ0n) is 14.3. The Morgan fingerprint density at radius 2 is 1.95 bits per heavy atom. The Balaban J connectivity index is 2.58. The standard InChI is InChI=1S/C17H34N2O/c1-7-14-12-19(15(8-2)11-18-14)16(20)9-13(3)10-17(4,5)6/h13-15,18H,7-12H2,1-6H3. The van der Waals surface area contributed by atoms with Gasteiger partial charge in [-0.1, -0.05) is 41.5 Å². The third kappa shape index (κ3) is 5.43. The van der Waals surface area contributed by atoms with Gasteiger partial charge in [0, 0.05) is 31.6 Å². The van der Waals surface area contributed by atoms with Gasteiger partial charge in [0.15, 0.2) is 0 Å². The van der Waals surface area contributed by atoms with Gasteiger partial charge in [-0.15, -0.1) is 0 Å². The maximum Gasteiger partial charge on any atom is 0.223 e. The first-order chi connectivity index (χ1) is 9.26. The smallest absolute Gasteiger partial charge is 0.223 e. The molecule has 1 aliphatic rings. The van der Waals surface area contributed by atoms with E-state index in [0.29, 0.717) is 35.7 Å². The lowest BCUT2D eigenvalue weighted by Gasteiger charge is -2.40. The normalized spacial score (nSPS) is 25.6. The molecule has 0 aliphatic carbocycles. The zero-order valence-corrected chi connectivity index (χ0v) is 14.3.